The maximum Gasteiger partial charge on any atom is 0.355 e. The van der Waals surface area contributed by atoms with Gasteiger partial charge < -0.3 is 15.0 Å². The van der Waals surface area contributed by atoms with Crippen molar-refractivity contribution in [1.29, 1.82) is 0 Å². The average molecular weight is 379 g/mol. The summed E-state index contributed by atoms with van der Waals surface area (Å²) >= 11 is 3.34. The lowest BCUT2D eigenvalue weighted by molar-refractivity contribution is -0.119. The lowest BCUT2D eigenvalue weighted by Gasteiger charge is -2.09. The monoisotopic (exact) mass is 378 g/mol. The molecular formula is C16H15BrN2O4. The summed E-state index contributed by atoms with van der Waals surface area (Å²) in [6.07, 6.45) is 1.42. The van der Waals surface area contributed by atoms with Gasteiger partial charge in [-0.05, 0) is 43.7 Å². The first-order valence-electron chi connectivity index (χ1n) is 6.79. The third-order valence-electron chi connectivity index (χ3n) is 3.11. The van der Waals surface area contributed by atoms with Crippen molar-refractivity contribution in [3.05, 3.63) is 51.8 Å². The summed E-state index contributed by atoms with van der Waals surface area (Å²) in [6, 6.07) is 6.81. The molecule has 2 rings (SSSR count). The van der Waals surface area contributed by atoms with Crippen LogP contribution in [0.4, 0.5) is 5.69 Å². The molecule has 1 heterocycles. The molecule has 0 saturated carbocycles. The summed E-state index contributed by atoms with van der Waals surface area (Å²) in [4.78, 5) is 37.4. The van der Waals surface area contributed by atoms with Crippen molar-refractivity contribution in [2.24, 2.45) is 0 Å². The highest BCUT2D eigenvalue weighted by Gasteiger charge is 2.14. The van der Waals surface area contributed by atoms with E-state index in [2.05, 4.69) is 26.2 Å². The highest BCUT2D eigenvalue weighted by Crippen LogP contribution is 2.19. The number of hydrogen-bond donors (Lipinski definition) is 2. The zero-order valence-electron chi connectivity index (χ0n) is 12.6. The molecule has 6 nitrogen and oxygen atoms in total. The maximum absolute atomic E-state index is 11.8. The molecule has 1 aromatic heterocycles. The number of benzene rings is 1. The molecule has 0 aliphatic heterocycles. The van der Waals surface area contributed by atoms with Crippen LogP contribution in [-0.4, -0.2) is 29.3 Å². The molecule has 23 heavy (non-hydrogen) atoms. The van der Waals surface area contributed by atoms with Gasteiger partial charge in [-0.15, -0.1) is 0 Å². The molecule has 0 saturated heterocycles. The van der Waals surface area contributed by atoms with Crippen LogP contribution < -0.4 is 5.32 Å². The summed E-state index contributed by atoms with van der Waals surface area (Å²) in [5.41, 5.74) is 2.04. The fourth-order valence-corrected chi connectivity index (χ4v) is 2.35. The van der Waals surface area contributed by atoms with Gasteiger partial charge in [0, 0.05) is 21.9 Å². The Morgan fingerprint density at radius 3 is 2.61 bits per heavy atom. The van der Waals surface area contributed by atoms with E-state index in [-0.39, 0.29) is 11.5 Å². The van der Waals surface area contributed by atoms with Gasteiger partial charge in [0.15, 0.2) is 12.4 Å². The first-order chi connectivity index (χ1) is 10.9. The molecule has 0 aliphatic rings. The summed E-state index contributed by atoms with van der Waals surface area (Å²) in [7, 11) is 0. The van der Waals surface area contributed by atoms with Gasteiger partial charge in [-0.25, -0.2) is 4.79 Å². The largest absolute Gasteiger partial charge is 0.451 e. The van der Waals surface area contributed by atoms with E-state index in [0.717, 1.165) is 10.0 Å². The van der Waals surface area contributed by atoms with E-state index in [1.165, 1.54) is 19.2 Å². The van der Waals surface area contributed by atoms with Crippen molar-refractivity contribution in [3.8, 4) is 0 Å². The van der Waals surface area contributed by atoms with Gasteiger partial charge in [-0.1, -0.05) is 15.9 Å². The number of carbonyl (C=O) groups is 3. The van der Waals surface area contributed by atoms with Crippen LogP contribution in [0.2, 0.25) is 0 Å². The predicted molar refractivity (Wildman–Crippen MR) is 88.6 cm³/mol. The second kappa shape index (κ2) is 7.23. The third-order valence-corrected chi connectivity index (χ3v) is 3.60. The lowest BCUT2D eigenvalue weighted by atomic mass is 10.2. The zero-order chi connectivity index (χ0) is 17.0. The Balaban J connectivity index is 1.90. The number of anilines is 1. The normalized spacial score (nSPS) is 10.2. The second-order valence-electron chi connectivity index (χ2n) is 4.94. The van der Waals surface area contributed by atoms with Crippen molar-refractivity contribution in [3.63, 3.8) is 0 Å². The molecule has 0 bridgehead atoms. The van der Waals surface area contributed by atoms with E-state index in [0.29, 0.717) is 11.3 Å². The van der Waals surface area contributed by atoms with Gasteiger partial charge in [0.2, 0.25) is 0 Å². The summed E-state index contributed by atoms with van der Waals surface area (Å²) < 4.78 is 5.83. The number of aromatic nitrogens is 1. The number of carbonyl (C=O) groups excluding carboxylic acids is 3. The number of halogens is 1. The van der Waals surface area contributed by atoms with E-state index >= 15 is 0 Å². The van der Waals surface area contributed by atoms with Crippen molar-refractivity contribution in [1.82, 2.24) is 4.98 Å². The minimum atomic E-state index is -0.694. The molecule has 0 spiro atoms. The fraction of sp³-hybridized carbons (Fsp3) is 0.188. The van der Waals surface area contributed by atoms with Crippen LogP contribution in [0.1, 0.15) is 33.3 Å². The quantitative estimate of drug-likeness (QED) is 0.617. The molecule has 0 radical (unpaired) electrons. The molecule has 1 aromatic carbocycles. The minimum absolute atomic E-state index is 0.128. The Morgan fingerprint density at radius 1 is 1.26 bits per heavy atom. The van der Waals surface area contributed by atoms with Crippen LogP contribution >= 0.6 is 15.9 Å². The Hall–Kier alpha value is -2.41. The smallest absolute Gasteiger partial charge is 0.355 e. The van der Waals surface area contributed by atoms with Crippen LogP contribution in [0.15, 0.2) is 34.9 Å². The number of aromatic amines is 1. The van der Waals surface area contributed by atoms with Gasteiger partial charge in [-0.2, -0.15) is 0 Å². The van der Waals surface area contributed by atoms with Crippen LogP contribution in [0.3, 0.4) is 0 Å². The molecule has 0 aliphatic carbocycles. The first kappa shape index (κ1) is 17.0. The standard InChI is InChI=1S/C16H15BrN2O4/c1-9-5-12(17)3-4-13(9)19-15(21)8-23-16(22)14-6-11(7-18-14)10(2)20/h3-7,18H,8H2,1-2H3,(H,19,21). The van der Waals surface area contributed by atoms with E-state index in [9.17, 15) is 14.4 Å². The predicted octanol–water partition coefficient (Wildman–Crippen LogP) is 3.08. The maximum atomic E-state index is 11.8. The highest BCUT2D eigenvalue weighted by molar-refractivity contribution is 9.10. The molecule has 120 valence electrons. The van der Waals surface area contributed by atoms with E-state index in [4.69, 9.17) is 4.74 Å². The molecule has 0 unspecified atom stereocenters. The highest BCUT2D eigenvalue weighted by atomic mass is 79.9. The molecule has 7 heteroatoms. The number of esters is 1. The topological polar surface area (TPSA) is 88.3 Å². The number of rotatable bonds is 5. The minimum Gasteiger partial charge on any atom is -0.451 e. The number of ketones is 1. The zero-order valence-corrected chi connectivity index (χ0v) is 14.2. The third kappa shape index (κ3) is 4.53. The van der Waals surface area contributed by atoms with Crippen molar-refractivity contribution >= 4 is 39.3 Å². The Kier molecular flexibility index (Phi) is 5.33. The molecule has 1 amide bonds. The summed E-state index contributed by atoms with van der Waals surface area (Å²) in [5.74, 6) is -1.30. The summed E-state index contributed by atoms with van der Waals surface area (Å²) in [6.45, 7) is 2.84. The van der Waals surface area contributed by atoms with E-state index in [1.54, 1.807) is 12.1 Å². The van der Waals surface area contributed by atoms with Crippen LogP contribution in [0.5, 0.6) is 0 Å². The Morgan fingerprint density at radius 2 is 2.00 bits per heavy atom. The number of nitrogens with one attached hydrogen (secondary N) is 2. The van der Waals surface area contributed by atoms with Gasteiger partial charge in [-0.3, -0.25) is 9.59 Å². The van der Waals surface area contributed by atoms with Gasteiger partial charge >= 0.3 is 5.97 Å². The van der Waals surface area contributed by atoms with Crippen molar-refractivity contribution in [2.75, 3.05) is 11.9 Å². The Labute approximate surface area is 141 Å². The molecule has 0 atom stereocenters. The van der Waals surface area contributed by atoms with Crippen LogP contribution in [-0.2, 0) is 9.53 Å². The van der Waals surface area contributed by atoms with Gasteiger partial charge in [0.1, 0.15) is 5.69 Å². The number of aryl methyl sites for hydroxylation is 1. The van der Waals surface area contributed by atoms with Crippen LogP contribution in [0, 0.1) is 6.92 Å². The number of Topliss-reactive ketones (excluding diaryl/α,β-unsaturated/α-hetero) is 1. The Bertz CT molecular complexity index is 767. The van der Waals surface area contributed by atoms with Crippen molar-refractivity contribution < 1.29 is 19.1 Å². The van der Waals surface area contributed by atoms with Gasteiger partial charge in [0.25, 0.3) is 5.91 Å². The number of amides is 1. The van der Waals surface area contributed by atoms with Crippen LogP contribution in [0.25, 0.3) is 0 Å². The number of H-pyrrole nitrogens is 1. The van der Waals surface area contributed by atoms with E-state index in [1.807, 2.05) is 13.0 Å². The molecular weight excluding hydrogens is 364 g/mol. The van der Waals surface area contributed by atoms with E-state index < -0.39 is 18.5 Å². The molecule has 0 fully saturated rings. The SMILES string of the molecule is CC(=O)c1c[nH]c(C(=O)OCC(=O)Nc2ccc(Br)cc2C)c1. The fourth-order valence-electron chi connectivity index (χ4n) is 1.88. The second-order valence-corrected chi connectivity index (χ2v) is 5.86. The lowest BCUT2D eigenvalue weighted by Crippen LogP contribution is -2.21. The summed E-state index contributed by atoms with van der Waals surface area (Å²) in [5, 5.41) is 2.67. The number of ether oxygens (including phenoxy) is 1. The average Bonchev–Trinajstić information content (AvgIpc) is 2.98. The van der Waals surface area contributed by atoms with Crippen molar-refractivity contribution in [2.45, 2.75) is 13.8 Å². The molecule has 2 aromatic rings. The first-order valence-corrected chi connectivity index (χ1v) is 7.58. The molecule has 2 N–H and O–H groups in total. The number of hydrogen-bond acceptors (Lipinski definition) is 4. The van der Waals surface area contributed by atoms with Gasteiger partial charge in [0.05, 0.1) is 0 Å².